The van der Waals surface area contributed by atoms with E-state index in [0.717, 1.165) is 25.7 Å². The number of rotatable bonds is 4. The zero-order valence-electron chi connectivity index (χ0n) is 12.0. The number of hydrogen-bond donors (Lipinski definition) is 1. The monoisotopic (exact) mass is 267 g/mol. The number of hydrogen-bond acceptors (Lipinski definition) is 3. The van der Waals surface area contributed by atoms with Crippen molar-refractivity contribution in [3.05, 3.63) is 0 Å². The average molecular weight is 267 g/mol. The van der Waals surface area contributed by atoms with Crippen LogP contribution in [0.2, 0.25) is 0 Å². The maximum Gasteiger partial charge on any atom is 0.244 e. The van der Waals surface area contributed by atoms with Gasteiger partial charge in [-0.05, 0) is 37.6 Å². The number of likely N-dealkylation sites (N-methyl/N-ethyl adjacent to an activating group) is 1. The van der Waals surface area contributed by atoms with Gasteiger partial charge in [0.1, 0.15) is 6.04 Å². The zero-order chi connectivity index (χ0) is 14.0. The van der Waals surface area contributed by atoms with E-state index in [0.29, 0.717) is 19.5 Å². The maximum atomic E-state index is 12.4. The molecular formula is C14H25N3O2. The van der Waals surface area contributed by atoms with E-state index in [9.17, 15) is 9.59 Å². The van der Waals surface area contributed by atoms with Crippen LogP contribution in [-0.4, -0.2) is 54.8 Å². The highest BCUT2D eigenvalue weighted by molar-refractivity contribution is 5.88. The van der Waals surface area contributed by atoms with Gasteiger partial charge < -0.3 is 15.5 Å². The second-order valence-electron chi connectivity index (χ2n) is 6.21. The predicted octanol–water partition coefficient (Wildman–Crippen LogP) is 0.585. The lowest BCUT2D eigenvalue weighted by atomic mass is 9.66. The second-order valence-corrected chi connectivity index (χ2v) is 6.21. The highest BCUT2D eigenvalue weighted by atomic mass is 16.2. The first-order valence-corrected chi connectivity index (χ1v) is 7.20. The molecule has 2 N–H and O–H groups in total. The Morgan fingerprint density at radius 2 is 2.00 bits per heavy atom. The maximum absolute atomic E-state index is 12.4. The lowest BCUT2D eigenvalue weighted by Crippen LogP contribution is -2.48. The Hall–Kier alpha value is -1.10. The molecule has 2 rings (SSSR count). The smallest absolute Gasteiger partial charge is 0.244 e. The summed E-state index contributed by atoms with van der Waals surface area (Å²) in [6.07, 6.45) is 5.50. The number of nitrogens with zero attached hydrogens (tertiary/aromatic N) is 2. The molecule has 5 heteroatoms. The number of nitrogens with two attached hydrogens (primary N) is 1. The molecule has 1 unspecified atom stereocenters. The summed E-state index contributed by atoms with van der Waals surface area (Å²) in [6, 6.07) is -0.252. The average Bonchev–Trinajstić information content (AvgIpc) is 2.81. The van der Waals surface area contributed by atoms with E-state index >= 15 is 0 Å². The van der Waals surface area contributed by atoms with Crippen molar-refractivity contribution in [2.75, 3.05) is 27.2 Å². The van der Waals surface area contributed by atoms with Crippen LogP contribution in [0.5, 0.6) is 0 Å². The van der Waals surface area contributed by atoms with Crippen LogP contribution < -0.4 is 5.73 Å². The highest BCUT2D eigenvalue weighted by Gasteiger charge is 2.42. The van der Waals surface area contributed by atoms with Crippen molar-refractivity contribution in [3.63, 3.8) is 0 Å². The molecule has 0 aromatic heterocycles. The molecule has 0 radical (unpaired) electrons. The standard InChI is InChI=1S/C14H25N3O2/c1-16(2)13(19)11-5-3-8-17(11)12(18)9-14(10-15)6-4-7-14/h11H,3-10,15H2,1-2H3. The van der Waals surface area contributed by atoms with Gasteiger partial charge >= 0.3 is 0 Å². The van der Waals surface area contributed by atoms with E-state index in [1.807, 2.05) is 0 Å². The highest BCUT2D eigenvalue weighted by Crippen LogP contribution is 2.43. The van der Waals surface area contributed by atoms with E-state index < -0.39 is 0 Å². The minimum Gasteiger partial charge on any atom is -0.347 e. The first-order chi connectivity index (χ1) is 8.99. The molecule has 1 saturated carbocycles. The van der Waals surface area contributed by atoms with Crippen molar-refractivity contribution in [1.29, 1.82) is 0 Å². The van der Waals surface area contributed by atoms with Crippen LogP contribution in [0, 0.1) is 5.41 Å². The Morgan fingerprint density at radius 3 is 2.47 bits per heavy atom. The van der Waals surface area contributed by atoms with Gasteiger partial charge in [0.15, 0.2) is 0 Å². The summed E-state index contributed by atoms with van der Waals surface area (Å²) in [4.78, 5) is 27.9. The first-order valence-electron chi connectivity index (χ1n) is 7.20. The van der Waals surface area contributed by atoms with E-state index in [-0.39, 0.29) is 23.3 Å². The zero-order valence-corrected chi connectivity index (χ0v) is 12.0. The SMILES string of the molecule is CN(C)C(=O)C1CCCN1C(=O)CC1(CN)CCC1. The van der Waals surface area contributed by atoms with E-state index in [4.69, 9.17) is 5.73 Å². The van der Waals surface area contributed by atoms with E-state index in [1.54, 1.807) is 23.9 Å². The van der Waals surface area contributed by atoms with Gasteiger partial charge in [0, 0.05) is 27.1 Å². The van der Waals surface area contributed by atoms with Gasteiger partial charge in [0.05, 0.1) is 0 Å². The fourth-order valence-corrected chi connectivity index (χ4v) is 3.17. The molecule has 1 aliphatic heterocycles. The second kappa shape index (κ2) is 5.49. The molecule has 108 valence electrons. The Bertz CT molecular complexity index is 358. The lowest BCUT2D eigenvalue weighted by Gasteiger charge is -2.41. The summed E-state index contributed by atoms with van der Waals surface area (Å²) < 4.78 is 0. The summed E-state index contributed by atoms with van der Waals surface area (Å²) in [6.45, 7) is 1.29. The third kappa shape index (κ3) is 2.76. The summed E-state index contributed by atoms with van der Waals surface area (Å²) in [5.41, 5.74) is 5.83. The number of likely N-dealkylation sites (tertiary alicyclic amines) is 1. The van der Waals surface area contributed by atoms with Crippen LogP contribution in [0.4, 0.5) is 0 Å². The molecule has 1 atom stereocenters. The third-order valence-electron chi connectivity index (χ3n) is 4.67. The largest absolute Gasteiger partial charge is 0.347 e. The molecular weight excluding hydrogens is 242 g/mol. The summed E-state index contributed by atoms with van der Waals surface area (Å²) >= 11 is 0. The Morgan fingerprint density at radius 1 is 1.32 bits per heavy atom. The molecule has 0 aromatic carbocycles. The number of carbonyl (C=O) groups excluding carboxylic acids is 2. The molecule has 2 aliphatic rings. The van der Waals surface area contributed by atoms with Crippen molar-refractivity contribution in [3.8, 4) is 0 Å². The molecule has 0 aromatic rings. The minimum absolute atomic E-state index is 0.0192. The van der Waals surface area contributed by atoms with Crippen molar-refractivity contribution in [2.45, 2.75) is 44.6 Å². The van der Waals surface area contributed by atoms with Crippen LogP contribution in [0.25, 0.3) is 0 Å². The van der Waals surface area contributed by atoms with Crippen molar-refractivity contribution < 1.29 is 9.59 Å². The molecule has 19 heavy (non-hydrogen) atoms. The number of carbonyl (C=O) groups is 2. The van der Waals surface area contributed by atoms with Crippen LogP contribution >= 0.6 is 0 Å². The molecule has 1 saturated heterocycles. The van der Waals surface area contributed by atoms with Gasteiger partial charge in [-0.3, -0.25) is 9.59 Å². The first kappa shape index (κ1) is 14.3. The van der Waals surface area contributed by atoms with Gasteiger partial charge in [0.2, 0.25) is 11.8 Å². The van der Waals surface area contributed by atoms with Crippen molar-refractivity contribution >= 4 is 11.8 Å². The number of amides is 2. The van der Waals surface area contributed by atoms with Gasteiger partial charge in [0.25, 0.3) is 0 Å². The predicted molar refractivity (Wildman–Crippen MR) is 73.4 cm³/mol. The fourth-order valence-electron chi connectivity index (χ4n) is 3.17. The van der Waals surface area contributed by atoms with Crippen molar-refractivity contribution in [1.82, 2.24) is 9.80 Å². The van der Waals surface area contributed by atoms with Gasteiger partial charge in [-0.2, -0.15) is 0 Å². The van der Waals surface area contributed by atoms with Crippen LogP contribution in [0.3, 0.4) is 0 Å². The van der Waals surface area contributed by atoms with Crippen LogP contribution in [-0.2, 0) is 9.59 Å². The van der Waals surface area contributed by atoms with Gasteiger partial charge in [-0.15, -0.1) is 0 Å². The summed E-state index contributed by atoms with van der Waals surface area (Å²) in [5, 5.41) is 0. The van der Waals surface area contributed by atoms with Gasteiger partial charge in [-0.1, -0.05) is 6.42 Å². The van der Waals surface area contributed by atoms with E-state index in [1.165, 1.54) is 6.42 Å². The Labute approximate surface area is 115 Å². The summed E-state index contributed by atoms with van der Waals surface area (Å²) in [7, 11) is 3.49. The molecule has 1 heterocycles. The lowest BCUT2D eigenvalue weighted by molar-refractivity contribution is -0.144. The molecule has 2 amide bonds. The van der Waals surface area contributed by atoms with E-state index in [2.05, 4.69) is 0 Å². The Balaban J connectivity index is 1.99. The molecule has 5 nitrogen and oxygen atoms in total. The normalized spacial score (nSPS) is 25.0. The molecule has 2 fully saturated rings. The molecule has 0 bridgehead atoms. The summed E-state index contributed by atoms with van der Waals surface area (Å²) in [5.74, 6) is 0.157. The quantitative estimate of drug-likeness (QED) is 0.810. The fraction of sp³-hybridized carbons (Fsp3) is 0.857. The molecule has 0 spiro atoms. The topological polar surface area (TPSA) is 66.6 Å². The minimum atomic E-state index is -0.252. The molecule has 1 aliphatic carbocycles. The third-order valence-corrected chi connectivity index (χ3v) is 4.67. The Kier molecular flexibility index (Phi) is 4.13. The van der Waals surface area contributed by atoms with Crippen LogP contribution in [0.15, 0.2) is 0 Å². The van der Waals surface area contributed by atoms with Gasteiger partial charge in [-0.25, -0.2) is 0 Å². The van der Waals surface area contributed by atoms with Crippen LogP contribution in [0.1, 0.15) is 38.5 Å². The van der Waals surface area contributed by atoms with Crippen molar-refractivity contribution in [2.24, 2.45) is 11.1 Å².